The van der Waals surface area contributed by atoms with E-state index in [1.165, 1.54) is 6.33 Å². The van der Waals surface area contributed by atoms with E-state index in [4.69, 9.17) is 0 Å². The molecule has 0 spiro atoms. The fourth-order valence-electron chi connectivity index (χ4n) is 1.97. The Morgan fingerprint density at radius 3 is 3.05 bits per heavy atom. The van der Waals surface area contributed by atoms with Crippen molar-refractivity contribution in [1.29, 1.82) is 0 Å². The van der Waals surface area contributed by atoms with E-state index in [0.717, 1.165) is 23.0 Å². The van der Waals surface area contributed by atoms with Crippen LogP contribution in [0, 0.1) is 0 Å². The van der Waals surface area contributed by atoms with Crippen LogP contribution in [0.3, 0.4) is 0 Å². The molecule has 0 aromatic carbocycles. The Morgan fingerprint density at radius 2 is 2.37 bits per heavy atom. The molecule has 1 N–H and O–H groups in total. The Balaban J connectivity index is 1.70. The molecule has 0 aliphatic heterocycles. The van der Waals surface area contributed by atoms with Crippen LogP contribution in [0.25, 0.3) is 0 Å². The van der Waals surface area contributed by atoms with Gasteiger partial charge in [0.1, 0.15) is 12.0 Å². The second-order valence-corrected chi connectivity index (χ2v) is 5.48. The first-order valence-corrected chi connectivity index (χ1v) is 6.94. The average molecular weight is 321 g/mol. The fourth-order valence-corrected chi connectivity index (χ4v) is 2.40. The topological polar surface area (TPSA) is 59.8 Å². The highest BCUT2D eigenvalue weighted by atomic mass is 79.9. The zero-order chi connectivity index (χ0) is 13.2. The molecular weight excluding hydrogens is 308 g/mol. The summed E-state index contributed by atoms with van der Waals surface area (Å²) in [6.45, 7) is 0.412. The Morgan fingerprint density at radius 1 is 1.53 bits per heavy atom. The van der Waals surface area contributed by atoms with E-state index in [9.17, 15) is 4.79 Å². The van der Waals surface area contributed by atoms with Gasteiger partial charge in [0.25, 0.3) is 5.91 Å². The summed E-state index contributed by atoms with van der Waals surface area (Å²) in [6, 6.07) is 4.12. The zero-order valence-corrected chi connectivity index (χ0v) is 11.8. The summed E-state index contributed by atoms with van der Waals surface area (Å²) >= 11 is 3.42. The normalized spacial score (nSPS) is 14.4. The minimum absolute atomic E-state index is 0.0730. The average Bonchev–Trinajstić information content (AvgIpc) is 3.20. The van der Waals surface area contributed by atoms with Gasteiger partial charge >= 0.3 is 0 Å². The molecule has 1 aliphatic carbocycles. The van der Waals surface area contributed by atoms with Crippen molar-refractivity contribution in [3.63, 3.8) is 0 Å². The first-order chi connectivity index (χ1) is 9.24. The highest BCUT2D eigenvalue weighted by molar-refractivity contribution is 9.10. The number of halogens is 1. The summed E-state index contributed by atoms with van der Waals surface area (Å²) in [4.78, 5) is 20.1. The van der Waals surface area contributed by atoms with E-state index in [1.54, 1.807) is 12.3 Å². The first kappa shape index (κ1) is 12.3. The summed E-state index contributed by atoms with van der Waals surface area (Å²) < 4.78 is 2.98. The summed E-state index contributed by atoms with van der Waals surface area (Å²) in [5, 5.41) is 2.88. The highest BCUT2D eigenvalue weighted by Crippen LogP contribution is 2.37. The van der Waals surface area contributed by atoms with Gasteiger partial charge in [-0.3, -0.25) is 4.79 Å². The number of amides is 1. The van der Waals surface area contributed by atoms with Gasteiger partial charge in [-0.05, 0) is 40.9 Å². The van der Waals surface area contributed by atoms with E-state index in [1.807, 2.05) is 16.8 Å². The third-order valence-corrected chi connectivity index (χ3v) is 3.50. The summed E-state index contributed by atoms with van der Waals surface area (Å²) in [5.74, 6) is -0.0730. The van der Waals surface area contributed by atoms with Crippen LogP contribution in [-0.2, 0) is 6.54 Å². The van der Waals surface area contributed by atoms with Gasteiger partial charge in [0.15, 0.2) is 0 Å². The minimum atomic E-state index is -0.0730. The molecule has 0 unspecified atom stereocenters. The molecule has 2 heterocycles. The van der Waals surface area contributed by atoms with E-state index < -0.39 is 0 Å². The van der Waals surface area contributed by atoms with Crippen molar-refractivity contribution < 1.29 is 4.79 Å². The quantitative estimate of drug-likeness (QED) is 0.940. The molecule has 98 valence electrons. The van der Waals surface area contributed by atoms with Crippen LogP contribution >= 0.6 is 15.9 Å². The number of rotatable bonds is 4. The fraction of sp³-hybridized carbons (Fsp3) is 0.308. The summed E-state index contributed by atoms with van der Waals surface area (Å²) in [7, 11) is 0. The predicted octanol–water partition coefficient (Wildman–Crippen LogP) is 2.31. The second-order valence-electron chi connectivity index (χ2n) is 4.57. The van der Waals surface area contributed by atoms with Gasteiger partial charge in [0, 0.05) is 22.9 Å². The molecule has 1 amide bonds. The third kappa shape index (κ3) is 2.84. The molecule has 0 bridgehead atoms. The number of carbonyl (C=O) groups is 1. The Hall–Kier alpha value is -1.69. The highest BCUT2D eigenvalue weighted by Gasteiger charge is 2.27. The molecule has 2 aromatic rings. The van der Waals surface area contributed by atoms with Crippen molar-refractivity contribution in [2.75, 3.05) is 0 Å². The van der Waals surface area contributed by atoms with Gasteiger partial charge in [-0.25, -0.2) is 9.97 Å². The van der Waals surface area contributed by atoms with E-state index >= 15 is 0 Å². The maximum Gasteiger partial charge on any atom is 0.268 e. The third-order valence-electron chi connectivity index (χ3n) is 3.06. The predicted molar refractivity (Wildman–Crippen MR) is 73.6 cm³/mol. The lowest BCUT2D eigenvalue weighted by atomic mass is 10.3. The molecule has 0 atom stereocenters. The maximum absolute atomic E-state index is 12.2. The molecule has 1 saturated carbocycles. The van der Waals surface area contributed by atoms with Gasteiger partial charge < -0.3 is 9.88 Å². The lowest BCUT2D eigenvalue weighted by molar-refractivity contribution is 0.0941. The van der Waals surface area contributed by atoms with Gasteiger partial charge in [-0.15, -0.1) is 0 Å². The van der Waals surface area contributed by atoms with Crippen molar-refractivity contribution in [1.82, 2.24) is 19.9 Å². The number of nitrogens with one attached hydrogen (secondary N) is 1. The van der Waals surface area contributed by atoms with Crippen LogP contribution in [0.5, 0.6) is 0 Å². The van der Waals surface area contributed by atoms with Crippen LogP contribution in [0.1, 0.15) is 35.1 Å². The largest absolute Gasteiger partial charge is 0.345 e. The van der Waals surface area contributed by atoms with Crippen molar-refractivity contribution >= 4 is 21.8 Å². The molecular formula is C13H13BrN4O. The molecule has 19 heavy (non-hydrogen) atoms. The molecule has 0 saturated heterocycles. The van der Waals surface area contributed by atoms with E-state index in [-0.39, 0.29) is 5.91 Å². The number of nitrogens with zero attached hydrogens (tertiary/aromatic N) is 3. The SMILES string of the molecule is O=C(NCc1ccncn1)c1cc(Br)cn1C1CC1. The van der Waals surface area contributed by atoms with Crippen LogP contribution in [-0.4, -0.2) is 20.4 Å². The van der Waals surface area contributed by atoms with Gasteiger partial charge in [0.2, 0.25) is 0 Å². The molecule has 5 nitrogen and oxygen atoms in total. The molecule has 0 radical (unpaired) electrons. The van der Waals surface area contributed by atoms with Crippen molar-refractivity contribution in [2.24, 2.45) is 0 Å². The standard InChI is InChI=1S/C13H13BrN4O/c14-9-5-12(18(7-9)11-1-2-11)13(19)16-6-10-3-4-15-8-17-10/h3-5,7-8,11H,1-2,6H2,(H,16,19). The van der Waals surface area contributed by atoms with E-state index in [0.29, 0.717) is 18.3 Å². The first-order valence-electron chi connectivity index (χ1n) is 6.14. The zero-order valence-electron chi connectivity index (χ0n) is 10.2. The lowest BCUT2D eigenvalue weighted by Crippen LogP contribution is -2.25. The molecule has 2 aromatic heterocycles. The second kappa shape index (κ2) is 5.13. The minimum Gasteiger partial charge on any atom is -0.345 e. The molecule has 3 rings (SSSR count). The van der Waals surface area contributed by atoms with Gasteiger partial charge in [-0.1, -0.05) is 0 Å². The monoisotopic (exact) mass is 320 g/mol. The Bertz CT molecular complexity index is 592. The van der Waals surface area contributed by atoms with Crippen LogP contribution in [0.15, 0.2) is 35.3 Å². The van der Waals surface area contributed by atoms with Crippen LogP contribution in [0.4, 0.5) is 0 Å². The summed E-state index contributed by atoms with van der Waals surface area (Å²) in [5.41, 5.74) is 1.50. The Labute approximate surface area is 119 Å². The van der Waals surface area contributed by atoms with Crippen LogP contribution in [0.2, 0.25) is 0 Å². The van der Waals surface area contributed by atoms with Gasteiger partial charge in [-0.2, -0.15) is 0 Å². The van der Waals surface area contributed by atoms with Crippen molar-refractivity contribution in [3.8, 4) is 0 Å². The molecule has 6 heteroatoms. The van der Waals surface area contributed by atoms with E-state index in [2.05, 4.69) is 31.2 Å². The van der Waals surface area contributed by atoms with Crippen LogP contribution < -0.4 is 5.32 Å². The number of carbonyl (C=O) groups excluding carboxylic acids is 1. The number of hydrogen-bond acceptors (Lipinski definition) is 3. The smallest absolute Gasteiger partial charge is 0.268 e. The Kier molecular flexibility index (Phi) is 3.33. The number of aromatic nitrogens is 3. The van der Waals surface area contributed by atoms with Crippen molar-refractivity contribution in [3.05, 3.63) is 46.7 Å². The lowest BCUT2D eigenvalue weighted by Gasteiger charge is -2.08. The van der Waals surface area contributed by atoms with Gasteiger partial charge in [0.05, 0.1) is 12.2 Å². The summed E-state index contributed by atoms with van der Waals surface area (Å²) in [6.07, 6.45) is 7.40. The van der Waals surface area contributed by atoms with Crippen molar-refractivity contribution in [2.45, 2.75) is 25.4 Å². The molecule has 1 aliphatic rings. The maximum atomic E-state index is 12.2. The number of hydrogen-bond donors (Lipinski definition) is 1. The molecule has 1 fully saturated rings.